The molecule has 0 unspecified atom stereocenters. The first kappa shape index (κ1) is 20.5. The third-order valence-corrected chi connectivity index (χ3v) is 4.76. The van der Waals surface area contributed by atoms with E-state index in [4.69, 9.17) is 9.47 Å². The Morgan fingerprint density at radius 3 is 2.10 bits per heavy atom. The third-order valence-electron chi connectivity index (χ3n) is 4.76. The number of carboxylic acid groups (broad SMARTS) is 1. The molecule has 0 spiro atoms. The van der Waals surface area contributed by atoms with Crippen LogP contribution in [0.25, 0.3) is 0 Å². The fraction of sp³-hybridized carbons (Fsp3) is 0.300. The van der Waals surface area contributed by atoms with Gasteiger partial charge in [-0.25, -0.2) is 0 Å². The summed E-state index contributed by atoms with van der Waals surface area (Å²) in [5.74, 6) is -3.08. The van der Waals surface area contributed by atoms with Gasteiger partial charge in [-0.2, -0.15) is 13.2 Å². The molecule has 29 heavy (non-hydrogen) atoms. The van der Waals surface area contributed by atoms with Crippen LogP contribution in [0, 0.1) is 11.8 Å². The Labute approximate surface area is 164 Å². The van der Waals surface area contributed by atoms with Crippen molar-refractivity contribution in [3.8, 4) is 17.2 Å². The standard InChI is InChI=1S/C20H18F3NO5/c1-28-11-2-4-12(5-3-11)29-13-6-9-16(20(21,22)23)17(10-13)24-18(25)14-7-8-15(14)19(26)27/h2-6,9-10,14-15H,7-8H2,1H3,(H,24,25)(H,26,27)/p-1/t14-,15-/m0/s1. The number of anilines is 1. The Hall–Kier alpha value is -3.23. The molecule has 0 heterocycles. The summed E-state index contributed by atoms with van der Waals surface area (Å²) >= 11 is 0. The second-order valence-electron chi connectivity index (χ2n) is 6.58. The van der Waals surface area contributed by atoms with E-state index in [9.17, 15) is 27.9 Å². The number of ether oxygens (including phenoxy) is 2. The van der Waals surface area contributed by atoms with Gasteiger partial charge in [0.25, 0.3) is 0 Å². The second-order valence-corrected chi connectivity index (χ2v) is 6.58. The van der Waals surface area contributed by atoms with Gasteiger partial charge in [0.15, 0.2) is 0 Å². The van der Waals surface area contributed by atoms with Gasteiger partial charge in [0, 0.05) is 23.9 Å². The Balaban J connectivity index is 1.83. The maximum atomic E-state index is 13.3. The van der Waals surface area contributed by atoms with Crippen LogP contribution in [-0.2, 0) is 15.8 Å². The molecule has 0 aliphatic heterocycles. The van der Waals surface area contributed by atoms with Gasteiger partial charge < -0.3 is 24.7 Å². The number of methoxy groups -OCH3 is 1. The van der Waals surface area contributed by atoms with E-state index in [-0.39, 0.29) is 18.6 Å². The quantitative estimate of drug-likeness (QED) is 0.793. The number of alkyl halides is 3. The number of rotatable bonds is 6. The fourth-order valence-electron chi connectivity index (χ4n) is 3.04. The molecular formula is C20H17F3NO5-. The van der Waals surface area contributed by atoms with Crippen LogP contribution in [0.3, 0.4) is 0 Å². The van der Waals surface area contributed by atoms with Crippen molar-refractivity contribution in [3.63, 3.8) is 0 Å². The summed E-state index contributed by atoms with van der Waals surface area (Å²) in [5.41, 5.74) is -1.56. The zero-order chi connectivity index (χ0) is 21.2. The average Bonchev–Trinajstić information content (AvgIpc) is 2.60. The van der Waals surface area contributed by atoms with Gasteiger partial charge in [0.2, 0.25) is 5.91 Å². The molecule has 1 aliphatic carbocycles. The van der Waals surface area contributed by atoms with E-state index in [1.165, 1.54) is 7.11 Å². The van der Waals surface area contributed by atoms with Crippen LogP contribution in [0.4, 0.5) is 18.9 Å². The largest absolute Gasteiger partial charge is 0.550 e. The first-order chi connectivity index (χ1) is 13.7. The predicted octanol–water partition coefficient (Wildman–Crippen LogP) is 3.22. The summed E-state index contributed by atoms with van der Waals surface area (Å²) < 4.78 is 50.6. The highest BCUT2D eigenvalue weighted by atomic mass is 19.4. The zero-order valence-electron chi connectivity index (χ0n) is 15.3. The number of amides is 1. The van der Waals surface area contributed by atoms with Crippen LogP contribution in [0.1, 0.15) is 18.4 Å². The van der Waals surface area contributed by atoms with Crippen LogP contribution in [-0.4, -0.2) is 19.0 Å². The minimum absolute atomic E-state index is 0.0727. The molecule has 1 aliphatic rings. The van der Waals surface area contributed by atoms with Crippen LogP contribution in [0.15, 0.2) is 42.5 Å². The maximum Gasteiger partial charge on any atom is 0.418 e. The molecule has 0 saturated heterocycles. The third kappa shape index (κ3) is 4.61. The van der Waals surface area contributed by atoms with Gasteiger partial charge in [0.05, 0.1) is 18.4 Å². The normalized spacial score (nSPS) is 18.5. The average molecular weight is 408 g/mol. The number of aliphatic carboxylic acids is 1. The topological polar surface area (TPSA) is 87.7 Å². The monoisotopic (exact) mass is 408 g/mol. The van der Waals surface area contributed by atoms with Gasteiger partial charge >= 0.3 is 6.18 Å². The number of halogens is 3. The van der Waals surface area contributed by atoms with E-state index in [0.29, 0.717) is 11.5 Å². The van der Waals surface area contributed by atoms with E-state index in [1.807, 2.05) is 0 Å². The molecule has 1 saturated carbocycles. The van der Waals surface area contributed by atoms with Crippen molar-refractivity contribution in [3.05, 3.63) is 48.0 Å². The smallest absolute Gasteiger partial charge is 0.418 e. The number of carbonyl (C=O) groups is 2. The van der Waals surface area contributed by atoms with Gasteiger partial charge in [-0.05, 0) is 49.2 Å². The molecule has 9 heteroatoms. The van der Waals surface area contributed by atoms with Crippen LogP contribution >= 0.6 is 0 Å². The highest BCUT2D eigenvalue weighted by Crippen LogP contribution is 2.40. The molecule has 2 atom stereocenters. The van der Waals surface area contributed by atoms with Crippen molar-refractivity contribution in [1.82, 2.24) is 0 Å². The highest BCUT2D eigenvalue weighted by molar-refractivity contribution is 5.96. The number of hydrogen-bond acceptors (Lipinski definition) is 5. The highest BCUT2D eigenvalue weighted by Gasteiger charge is 2.39. The van der Waals surface area contributed by atoms with Crippen molar-refractivity contribution in [1.29, 1.82) is 0 Å². The van der Waals surface area contributed by atoms with Crippen molar-refractivity contribution >= 4 is 17.6 Å². The van der Waals surface area contributed by atoms with E-state index < -0.39 is 41.1 Å². The molecule has 3 rings (SSSR count). The SMILES string of the molecule is COc1ccc(Oc2ccc(C(F)(F)F)c(NC(=O)[C@H]3CC[C@@H]3C(=O)[O-])c2)cc1. The first-order valence-electron chi connectivity index (χ1n) is 8.74. The Morgan fingerprint density at radius 2 is 1.59 bits per heavy atom. The number of benzene rings is 2. The molecule has 0 radical (unpaired) electrons. The summed E-state index contributed by atoms with van der Waals surface area (Å²) in [6.45, 7) is 0. The molecule has 0 bridgehead atoms. The summed E-state index contributed by atoms with van der Waals surface area (Å²) in [7, 11) is 1.49. The van der Waals surface area contributed by atoms with Crippen molar-refractivity contribution in [2.45, 2.75) is 19.0 Å². The van der Waals surface area contributed by atoms with E-state index in [0.717, 1.165) is 18.2 Å². The lowest BCUT2D eigenvalue weighted by Crippen LogP contribution is -2.46. The number of hydrogen-bond donors (Lipinski definition) is 1. The van der Waals surface area contributed by atoms with Crippen LogP contribution in [0.5, 0.6) is 17.2 Å². The first-order valence-corrected chi connectivity index (χ1v) is 8.74. The number of nitrogens with one attached hydrogen (secondary N) is 1. The van der Waals surface area contributed by atoms with Gasteiger partial charge in [-0.1, -0.05) is 0 Å². The fourth-order valence-corrected chi connectivity index (χ4v) is 3.04. The van der Waals surface area contributed by atoms with Crippen molar-refractivity contribution in [2.75, 3.05) is 12.4 Å². The molecule has 0 aromatic heterocycles. The molecule has 2 aromatic carbocycles. The van der Waals surface area contributed by atoms with Crippen LogP contribution < -0.4 is 19.9 Å². The molecule has 2 aromatic rings. The zero-order valence-corrected chi connectivity index (χ0v) is 15.3. The number of carbonyl (C=O) groups excluding carboxylic acids is 2. The van der Waals surface area contributed by atoms with Crippen molar-refractivity contribution in [2.24, 2.45) is 11.8 Å². The van der Waals surface area contributed by atoms with E-state index >= 15 is 0 Å². The Morgan fingerprint density at radius 1 is 1.00 bits per heavy atom. The molecular weight excluding hydrogens is 391 g/mol. The van der Waals surface area contributed by atoms with E-state index in [2.05, 4.69) is 5.32 Å². The summed E-state index contributed by atoms with van der Waals surface area (Å²) in [6, 6.07) is 9.39. The Bertz CT molecular complexity index is 911. The predicted molar refractivity (Wildman–Crippen MR) is 94.4 cm³/mol. The van der Waals surface area contributed by atoms with Gasteiger partial charge in [-0.3, -0.25) is 4.79 Å². The lowest BCUT2D eigenvalue weighted by molar-refractivity contribution is -0.316. The minimum Gasteiger partial charge on any atom is -0.550 e. The lowest BCUT2D eigenvalue weighted by atomic mass is 9.73. The van der Waals surface area contributed by atoms with E-state index in [1.54, 1.807) is 24.3 Å². The van der Waals surface area contributed by atoms with Crippen LogP contribution in [0.2, 0.25) is 0 Å². The van der Waals surface area contributed by atoms with Crippen molar-refractivity contribution < 1.29 is 37.3 Å². The molecule has 154 valence electrons. The van der Waals surface area contributed by atoms with Gasteiger partial charge in [-0.15, -0.1) is 0 Å². The second kappa shape index (κ2) is 8.02. The molecule has 1 amide bonds. The number of carboxylic acids is 1. The molecule has 1 fully saturated rings. The summed E-state index contributed by atoms with van der Waals surface area (Å²) in [4.78, 5) is 23.3. The lowest BCUT2D eigenvalue weighted by Gasteiger charge is -2.36. The minimum atomic E-state index is -4.71. The molecule has 1 N–H and O–H groups in total. The summed E-state index contributed by atoms with van der Waals surface area (Å²) in [6.07, 6.45) is -4.18. The van der Waals surface area contributed by atoms with Gasteiger partial charge in [0.1, 0.15) is 17.2 Å². The molecule has 6 nitrogen and oxygen atoms in total. The maximum absolute atomic E-state index is 13.3. The summed E-state index contributed by atoms with van der Waals surface area (Å²) in [5, 5.41) is 13.2. The Kier molecular flexibility index (Phi) is 5.67.